The molecule has 4 rings (SSSR count). The molecule has 0 bridgehead atoms. The van der Waals surface area contributed by atoms with Crippen LogP contribution in [-0.2, 0) is 0 Å². The average molecular weight is 466 g/mol. The van der Waals surface area contributed by atoms with Crippen LogP contribution in [0.5, 0.6) is 0 Å². The third-order valence-corrected chi connectivity index (χ3v) is 5.34. The van der Waals surface area contributed by atoms with Gasteiger partial charge in [-0.3, -0.25) is 0 Å². The van der Waals surface area contributed by atoms with E-state index in [1.165, 1.54) is 0 Å². The van der Waals surface area contributed by atoms with Gasteiger partial charge in [-0.1, -0.05) is 60.7 Å². The van der Waals surface area contributed by atoms with Crippen LogP contribution in [0.4, 0.5) is 0 Å². The number of hydrogen-bond donors (Lipinski definition) is 0. The summed E-state index contributed by atoms with van der Waals surface area (Å²) in [6, 6.07) is 28.5. The van der Waals surface area contributed by atoms with Gasteiger partial charge in [0.25, 0.3) is 0 Å². The van der Waals surface area contributed by atoms with Crippen molar-refractivity contribution in [3.63, 3.8) is 0 Å². The van der Waals surface area contributed by atoms with Crippen LogP contribution < -0.4 is 0 Å². The van der Waals surface area contributed by atoms with Crippen LogP contribution in [0, 0.1) is 0 Å². The minimum absolute atomic E-state index is 0.800. The first-order chi connectivity index (χ1) is 12.7. The maximum Gasteiger partial charge on any atom is 0.114 e. The number of rotatable bonds is 3. The van der Waals surface area contributed by atoms with Crippen LogP contribution >= 0.6 is 31.9 Å². The molecule has 0 N–H and O–H groups in total. The predicted octanol–water partition coefficient (Wildman–Crippen LogP) is 7.00. The Balaban J connectivity index is 1.72. The van der Waals surface area contributed by atoms with Crippen LogP contribution in [-0.4, -0.2) is 9.97 Å². The molecule has 126 valence electrons. The molecule has 0 saturated heterocycles. The molecule has 0 fully saturated rings. The van der Waals surface area contributed by atoms with Gasteiger partial charge >= 0.3 is 0 Å². The van der Waals surface area contributed by atoms with Crippen LogP contribution in [0.15, 0.2) is 94.1 Å². The Labute approximate surface area is 169 Å². The summed E-state index contributed by atoms with van der Waals surface area (Å²) in [6.45, 7) is 0. The molecule has 2 aromatic carbocycles. The van der Waals surface area contributed by atoms with Gasteiger partial charge in [0.05, 0.1) is 11.4 Å². The first kappa shape index (κ1) is 17.1. The summed E-state index contributed by atoms with van der Waals surface area (Å²) >= 11 is 7.24. The van der Waals surface area contributed by atoms with Crippen molar-refractivity contribution < 1.29 is 0 Å². The van der Waals surface area contributed by atoms with Crippen molar-refractivity contribution >= 4 is 31.9 Å². The van der Waals surface area contributed by atoms with Gasteiger partial charge in [-0.2, -0.15) is 0 Å². The van der Waals surface area contributed by atoms with Crippen LogP contribution in [0.25, 0.3) is 33.6 Å². The van der Waals surface area contributed by atoms with E-state index in [4.69, 9.17) is 9.97 Å². The highest BCUT2D eigenvalue weighted by Gasteiger charge is 2.12. The highest BCUT2D eigenvalue weighted by atomic mass is 79.9. The number of aromatic nitrogens is 2. The Bertz CT molecular complexity index is 961. The molecular formula is C22H14Br2N2. The van der Waals surface area contributed by atoms with E-state index >= 15 is 0 Å². The lowest BCUT2D eigenvalue weighted by molar-refractivity contribution is 1.24. The molecule has 4 heteroatoms. The van der Waals surface area contributed by atoms with Crippen LogP contribution in [0.3, 0.4) is 0 Å². The Hall–Kier alpha value is -2.30. The molecule has 0 amide bonds. The van der Waals surface area contributed by atoms with E-state index in [-0.39, 0.29) is 0 Å². The third kappa shape index (κ3) is 3.48. The van der Waals surface area contributed by atoms with E-state index in [1.54, 1.807) is 0 Å². The summed E-state index contributed by atoms with van der Waals surface area (Å²) in [5, 5.41) is 0. The molecule has 0 aliphatic carbocycles. The molecule has 0 radical (unpaired) electrons. The number of pyridine rings is 2. The SMILES string of the molecule is Brc1nc(-c2ccccc2)ccc1-c1ccc(-c2ccccc2)nc1Br. The zero-order valence-electron chi connectivity index (χ0n) is 13.7. The molecule has 0 spiro atoms. The first-order valence-corrected chi connectivity index (χ1v) is 9.75. The van der Waals surface area contributed by atoms with Gasteiger partial charge in [-0.15, -0.1) is 0 Å². The first-order valence-electron chi connectivity index (χ1n) is 8.17. The maximum absolute atomic E-state index is 4.71. The molecular weight excluding hydrogens is 452 g/mol. The second-order valence-corrected chi connectivity index (χ2v) is 7.30. The van der Waals surface area contributed by atoms with E-state index in [0.717, 1.165) is 42.8 Å². The van der Waals surface area contributed by atoms with Crippen molar-refractivity contribution in [1.82, 2.24) is 9.97 Å². The zero-order chi connectivity index (χ0) is 17.9. The molecule has 2 nitrogen and oxygen atoms in total. The van der Waals surface area contributed by atoms with Gasteiger partial charge < -0.3 is 0 Å². The highest BCUT2D eigenvalue weighted by molar-refractivity contribution is 9.11. The minimum atomic E-state index is 0.800. The van der Waals surface area contributed by atoms with Crippen LogP contribution in [0.1, 0.15) is 0 Å². The molecule has 0 saturated carbocycles. The molecule has 2 heterocycles. The molecule has 0 unspecified atom stereocenters. The second kappa shape index (κ2) is 7.52. The minimum Gasteiger partial charge on any atom is -0.240 e. The summed E-state index contributed by atoms with van der Waals surface area (Å²) in [5.41, 5.74) is 6.07. The Kier molecular flexibility index (Phi) is 4.96. The Morgan fingerprint density at radius 1 is 0.462 bits per heavy atom. The second-order valence-electron chi connectivity index (χ2n) is 5.80. The fourth-order valence-electron chi connectivity index (χ4n) is 2.81. The van der Waals surface area contributed by atoms with Crippen LogP contribution in [0.2, 0.25) is 0 Å². The van der Waals surface area contributed by atoms with Crippen molar-refractivity contribution in [1.29, 1.82) is 0 Å². The van der Waals surface area contributed by atoms with Gasteiger partial charge in [0, 0.05) is 22.3 Å². The summed E-state index contributed by atoms with van der Waals surface area (Å²) in [4.78, 5) is 9.42. The van der Waals surface area contributed by atoms with Gasteiger partial charge in [0.15, 0.2) is 0 Å². The predicted molar refractivity (Wildman–Crippen MR) is 114 cm³/mol. The third-order valence-electron chi connectivity index (χ3n) is 4.13. The smallest absolute Gasteiger partial charge is 0.114 e. The normalized spacial score (nSPS) is 10.7. The largest absolute Gasteiger partial charge is 0.240 e. The fraction of sp³-hybridized carbons (Fsp3) is 0. The summed E-state index contributed by atoms with van der Waals surface area (Å²) in [6.07, 6.45) is 0. The monoisotopic (exact) mass is 464 g/mol. The Morgan fingerprint density at radius 2 is 0.846 bits per heavy atom. The van der Waals surface area contributed by atoms with Crippen molar-refractivity contribution in [2.45, 2.75) is 0 Å². The molecule has 0 atom stereocenters. The van der Waals surface area contributed by atoms with E-state index in [9.17, 15) is 0 Å². The highest BCUT2D eigenvalue weighted by Crippen LogP contribution is 2.34. The summed E-state index contributed by atoms with van der Waals surface area (Å²) in [5.74, 6) is 0. The van der Waals surface area contributed by atoms with Gasteiger partial charge in [0.2, 0.25) is 0 Å². The lowest BCUT2D eigenvalue weighted by Crippen LogP contribution is -1.92. The molecule has 26 heavy (non-hydrogen) atoms. The molecule has 4 aromatic rings. The average Bonchev–Trinajstić information content (AvgIpc) is 2.69. The van der Waals surface area contributed by atoms with E-state index in [0.29, 0.717) is 0 Å². The molecule has 2 aromatic heterocycles. The number of hydrogen-bond acceptors (Lipinski definition) is 2. The van der Waals surface area contributed by atoms with Crippen molar-refractivity contribution in [2.24, 2.45) is 0 Å². The zero-order valence-corrected chi connectivity index (χ0v) is 16.9. The standard InChI is InChI=1S/C22H14Br2N2/c23-21-17(11-13-19(25-21)15-7-3-1-4-8-15)18-12-14-20(26-22(18)24)16-9-5-2-6-10-16/h1-14H. The quantitative estimate of drug-likeness (QED) is 0.304. The van der Waals surface area contributed by atoms with Crippen molar-refractivity contribution in [2.75, 3.05) is 0 Å². The topological polar surface area (TPSA) is 25.8 Å². The fourth-order valence-corrected chi connectivity index (χ4v) is 3.88. The van der Waals surface area contributed by atoms with Gasteiger partial charge in [0.1, 0.15) is 9.21 Å². The number of nitrogens with zero attached hydrogens (tertiary/aromatic N) is 2. The van der Waals surface area contributed by atoms with Crippen molar-refractivity contribution in [3.8, 4) is 33.6 Å². The Morgan fingerprint density at radius 3 is 1.19 bits per heavy atom. The van der Waals surface area contributed by atoms with E-state index < -0.39 is 0 Å². The summed E-state index contributed by atoms with van der Waals surface area (Å²) in [7, 11) is 0. The lowest BCUT2D eigenvalue weighted by Gasteiger charge is -2.10. The van der Waals surface area contributed by atoms with E-state index in [2.05, 4.69) is 68.3 Å². The summed E-state index contributed by atoms with van der Waals surface area (Å²) < 4.78 is 1.60. The maximum atomic E-state index is 4.71. The van der Waals surface area contributed by atoms with Crippen molar-refractivity contribution in [3.05, 3.63) is 94.1 Å². The number of benzene rings is 2. The van der Waals surface area contributed by atoms with Gasteiger partial charge in [-0.05, 0) is 56.1 Å². The molecule has 0 aliphatic rings. The lowest BCUT2D eigenvalue weighted by atomic mass is 10.1. The van der Waals surface area contributed by atoms with Gasteiger partial charge in [-0.25, -0.2) is 9.97 Å². The van der Waals surface area contributed by atoms with E-state index in [1.807, 2.05) is 48.5 Å². The molecule has 0 aliphatic heterocycles. The number of halogens is 2.